The lowest BCUT2D eigenvalue weighted by Gasteiger charge is -2.38. The second kappa shape index (κ2) is 7.31. The predicted octanol–water partition coefficient (Wildman–Crippen LogP) is 3.61. The maximum Gasteiger partial charge on any atom is 0.221 e. The van der Waals surface area contributed by atoms with Crippen molar-refractivity contribution >= 4 is 17.8 Å². The lowest BCUT2D eigenvalue weighted by Crippen LogP contribution is -2.45. The summed E-state index contributed by atoms with van der Waals surface area (Å²) >= 11 is 0. The number of hydrogen-bond acceptors (Lipinski definition) is 3. The quantitative estimate of drug-likeness (QED) is 0.899. The van der Waals surface area contributed by atoms with E-state index in [4.69, 9.17) is 4.99 Å². The average Bonchev–Trinajstić information content (AvgIpc) is 3.05. The summed E-state index contributed by atoms with van der Waals surface area (Å²) in [5, 5.41) is 2.82. The van der Waals surface area contributed by atoms with Gasteiger partial charge < -0.3 is 10.2 Å². The van der Waals surface area contributed by atoms with Crippen LogP contribution in [-0.2, 0) is 4.79 Å². The zero-order valence-electron chi connectivity index (χ0n) is 14.7. The molecular formula is C20H27N3O. The van der Waals surface area contributed by atoms with E-state index in [0.29, 0.717) is 5.92 Å². The second-order valence-corrected chi connectivity index (χ2v) is 6.99. The van der Waals surface area contributed by atoms with Crippen LogP contribution in [0.25, 0.3) is 0 Å². The summed E-state index contributed by atoms with van der Waals surface area (Å²) in [5.74, 6) is 0.251. The van der Waals surface area contributed by atoms with Crippen molar-refractivity contribution in [2.24, 2.45) is 4.99 Å². The van der Waals surface area contributed by atoms with E-state index in [1.165, 1.54) is 44.8 Å². The number of rotatable bonds is 5. The van der Waals surface area contributed by atoms with Gasteiger partial charge in [-0.1, -0.05) is 31.6 Å². The van der Waals surface area contributed by atoms with Crippen molar-refractivity contribution in [1.29, 1.82) is 0 Å². The molecule has 2 heterocycles. The Morgan fingerprint density at radius 2 is 1.96 bits per heavy atom. The lowest BCUT2D eigenvalue weighted by atomic mass is 9.80. The molecule has 0 saturated carbocycles. The van der Waals surface area contributed by atoms with Crippen LogP contribution in [0.5, 0.6) is 0 Å². The molecule has 4 heteroatoms. The van der Waals surface area contributed by atoms with E-state index >= 15 is 0 Å². The number of nitrogens with zero attached hydrogens (tertiary/aromatic N) is 2. The second-order valence-electron chi connectivity index (χ2n) is 6.99. The van der Waals surface area contributed by atoms with Gasteiger partial charge in [0.05, 0.1) is 5.54 Å². The number of nitrogens with one attached hydrogen (secondary N) is 1. The molecular weight excluding hydrogens is 298 g/mol. The third-order valence-electron chi connectivity index (χ3n) is 5.19. The maximum atomic E-state index is 11.2. The smallest absolute Gasteiger partial charge is 0.221 e. The molecule has 2 aliphatic heterocycles. The van der Waals surface area contributed by atoms with Crippen LogP contribution in [0.1, 0.15) is 44.6 Å². The zero-order valence-corrected chi connectivity index (χ0v) is 14.7. The van der Waals surface area contributed by atoms with Gasteiger partial charge in [0.1, 0.15) is 0 Å². The van der Waals surface area contributed by atoms with Crippen molar-refractivity contribution in [2.75, 3.05) is 25.0 Å². The minimum Gasteiger partial charge on any atom is -0.326 e. The highest BCUT2D eigenvalue weighted by Crippen LogP contribution is 2.36. The average molecular weight is 325 g/mol. The summed E-state index contributed by atoms with van der Waals surface area (Å²) in [5.41, 5.74) is 1.92. The Labute approximate surface area is 144 Å². The van der Waals surface area contributed by atoms with Gasteiger partial charge in [0.25, 0.3) is 0 Å². The van der Waals surface area contributed by atoms with E-state index in [2.05, 4.69) is 41.4 Å². The molecule has 3 rings (SSSR count). The van der Waals surface area contributed by atoms with Crippen LogP contribution in [-0.4, -0.2) is 42.2 Å². The molecule has 0 bridgehead atoms. The number of carbonyl (C=O) groups is 1. The van der Waals surface area contributed by atoms with Gasteiger partial charge in [0.2, 0.25) is 5.91 Å². The van der Waals surface area contributed by atoms with E-state index in [0.717, 1.165) is 12.2 Å². The number of carbonyl (C=O) groups excluding carboxylic acids is 1. The molecule has 1 amide bonds. The van der Waals surface area contributed by atoms with Gasteiger partial charge in [0, 0.05) is 31.3 Å². The first-order valence-electron chi connectivity index (χ1n) is 8.92. The van der Waals surface area contributed by atoms with Gasteiger partial charge in [-0.2, -0.15) is 0 Å². The molecule has 1 N–H and O–H groups in total. The highest BCUT2D eigenvalue weighted by molar-refractivity contribution is 5.88. The van der Waals surface area contributed by atoms with Gasteiger partial charge in [0.15, 0.2) is 0 Å². The van der Waals surface area contributed by atoms with Crippen molar-refractivity contribution < 1.29 is 4.79 Å². The number of aliphatic imine (C=N–C) groups is 1. The summed E-state index contributed by atoms with van der Waals surface area (Å²) in [4.78, 5) is 18.6. The van der Waals surface area contributed by atoms with Gasteiger partial charge in [-0.3, -0.25) is 9.79 Å². The first-order chi connectivity index (χ1) is 11.6. The Kier molecular flexibility index (Phi) is 5.14. The summed E-state index contributed by atoms with van der Waals surface area (Å²) in [6, 6.07) is 8.17. The van der Waals surface area contributed by atoms with Gasteiger partial charge in [-0.15, -0.1) is 0 Å². The van der Waals surface area contributed by atoms with Crippen LogP contribution in [0, 0.1) is 0 Å². The molecule has 2 atom stereocenters. The molecule has 2 unspecified atom stereocenters. The molecule has 0 spiro atoms. The Hall–Kier alpha value is -1.94. The molecule has 0 radical (unpaired) electrons. The Morgan fingerprint density at radius 3 is 2.54 bits per heavy atom. The van der Waals surface area contributed by atoms with E-state index in [-0.39, 0.29) is 11.4 Å². The fraction of sp³-hybridized carbons (Fsp3) is 0.500. The van der Waals surface area contributed by atoms with Crippen LogP contribution < -0.4 is 5.32 Å². The molecule has 128 valence electrons. The van der Waals surface area contributed by atoms with Gasteiger partial charge >= 0.3 is 0 Å². The van der Waals surface area contributed by atoms with Gasteiger partial charge in [-0.05, 0) is 49.7 Å². The van der Waals surface area contributed by atoms with E-state index in [1.807, 2.05) is 18.3 Å². The summed E-state index contributed by atoms with van der Waals surface area (Å²) in [7, 11) is 0. The van der Waals surface area contributed by atoms with Crippen LogP contribution in [0.4, 0.5) is 5.69 Å². The molecule has 1 aromatic rings. The van der Waals surface area contributed by atoms with Crippen LogP contribution in [0.15, 0.2) is 41.4 Å². The number of benzene rings is 1. The first-order valence-corrected chi connectivity index (χ1v) is 8.92. The van der Waals surface area contributed by atoms with Crippen molar-refractivity contribution in [3.63, 3.8) is 0 Å². The third kappa shape index (κ3) is 3.75. The summed E-state index contributed by atoms with van der Waals surface area (Å²) in [6.07, 6.45) is 10.2. The summed E-state index contributed by atoms with van der Waals surface area (Å²) in [6.45, 7) is 7.12. The van der Waals surface area contributed by atoms with Crippen molar-refractivity contribution in [3.8, 4) is 0 Å². The number of piperidine rings is 1. The van der Waals surface area contributed by atoms with E-state index in [9.17, 15) is 4.79 Å². The monoisotopic (exact) mass is 325 g/mol. The van der Waals surface area contributed by atoms with E-state index < -0.39 is 0 Å². The van der Waals surface area contributed by atoms with Crippen LogP contribution >= 0.6 is 0 Å². The zero-order chi connectivity index (χ0) is 17.0. The Balaban J connectivity index is 1.76. The highest BCUT2D eigenvalue weighted by atomic mass is 16.1. The molecule has 1 fully saturated rings. The SMILES string of the molecule is CC(=O)Nc1ccc(C(C)C2(CN3CCCCC3)C=CC=N2)cc1. The van der Waals surface area contributed by atoms with Gasteiger partial charge in [-0.25, -0.2) is 0 Å². The maximum absolute atomic E-state index is 11.2. The molecule has 1 saturated heterocycles. The third-order valence-corrected chi connectivity index (χ3v) is 5.19. The topological polar surface area (TPSA) is 44.7 Å². The molecule has 2 aliphatic rings. The number of hydrogen-bond donors (Lipinski definition) is 1. The fourth-order valence-electron chi connectivity index (χ4n) is 3.74. The highest BCUT2D eigenvalue weighted by Gasteiger charge is 2.37. The standard InChI is InChI=1S/C20H27N3O/c1-16(18-7-9-19(10-8-18)22-17(2)24)20(11-6-12-21-20)15-23-13-4-3-5-14-23/h6-12,16H,3-5,13-15H2,1-2H3,(H,22,24). The van der Waals surface area contributed by atoms with Crippen LogP contribution in [0.3, 0.4) is 0 Å². The van der Waals surface area contributed by atoms with E-state index in [1.54, 1.807) is 0 Å². The Morgan fingerprint density at radius 1 is 1.25 bits per heavy atom. The number of amides is 1. The minimum absolute atomic E-state index is 0.0410. The molecule has 0 aliphatic carbocycles. The van der Waals surface area contributed by atoms with Crippen LogP contribution in [0.2, 0.25) is 0 Å². The molecule has 24 heavy (non-hydrogen) atoms. The molecule has 1 aromatic carbocycles. The first kappa shape index (κ1) is 16.9. The minimum atomic E-state index is -0.174. The van der Waals surface area contributed by atoms with Crippen molar-refractivity contribution in [2.45, 2.75) is 44.6 Å². The normalized spacial score (nSPS) is 24.9. The van der Waals surface area contributed by atoms with Crippen molar-refractivity contribution in [3.05, 3.63) is 42.0 Å². The summed E-state index contributed by atoms with van der Waals surface area (Å²) < 4.78 is 0. The molecule has 0 aromatic heterocycles. The predicted molar refractivity (Wildman–Crippen MR) is 99.8 cm³/mol. The number of allylic oxidation sites excluding steroid dienone is 1. The number of anilines is 1. The fourth-order valence-corrected chi connectivity index (χ4v) is 3.74. The molecule has 4 nitrogen and oxygen atoms in total. The largest absolute Gasteiger partial charge is 0.326 e. The lowest BCUT2D eigenvalue weighted by molar-refractivity contribution is -0.114. The Bertz CT molecular complexity index is 615. The number of likely N-dealkylation sites (tertiary alicyclic amines) is 1. The van der Waals surface area contributed by atoms with Crippen molar-refractivity contribution in [1.82, 2.24) is 4.90 Å².